The van der Waals surface area contributed by atoms with Gasteiger partial charge in [0.1, 0.15) is 5.82 Å². The highest BCUT2D eigenvalue weighted by molar-refractivity contribution is 5.95. The van der Waals surface area contributed by atoms with E-state index in [-0.39, 0.29) is 17.6 Å². The predicted molar refractivity (Wildman–Crippen MR) is 73.3 cm³/mol. The molecule has 0 aliphatic carbocycles. The number of benzene rings is 1. The first-order chi connectivity index (χ1) is 9.67. The topological polar surface area (TPSA) is 49.0 Å². The number of nitrogens with zero attached hydrogens (tertiary/aromatic N) is 2. The van der Waals surface area contributed by atoms with Crippen LogP contribution in [0.15, 0.2) is 30.3 Å². The number of terminal acetylenes is 1. The summed E-state index contributed by atoms with van der Waals surface area (Å²) in [6, 6.07) is 7.91. The zero-order valence-electron chi connectivity index (χ0n) is 10.6. The molecule has 1 saturated heterocycles. The molecule has 4 nitrogen and oxygen atoms in total. The fourth-order valence-corrected chi connectivity index (χ4v) is 2.29. The van der Waals surface area contributed by atoms with Crippen LogP contribution in [0.3, 0.4) is 0 Å². The first-order valence-corrected chi connectivity index (χ1v) is 6.25. The lowest BCUT2D eigenvalue weighted by atomic mass is 10.1. The summed E-state index contributed by atoms with van der Waals surface area (Å²) in [5.41, 5.74) is 1.35. The van der Waals surface area contributed by atoms with Crippen molar-refractivity contribution in [3.63, 3.8) is 0 Å². The highest BCUT2D eigenvalue weighted by Gasteiger charge is 2.30. The molecule has 1 fully saturated rings. The molecular formula is C15H12FN3O. The van der Waals surface area contributed by atoms with Gasteiger partial charge in [0, 0.05) is 30.5 Å². The second-order valence-electron chi connectivity index (χ2n) is 4.72. The van der Waals surface area contributed by atoms with E-state index in [2.05, 4.69) is 16.1 Å². The van der Waals surface area contributed by atoms with Crippen LogP contribution in [-0.4, -0.2) is 22.6 Å². The number of amides is 1. The van der Waals surface area contributed by atoms with E-state index in [1.165, 1.54) is 12.1 Å². The minimum Gasteiger partial charge on any atom is -0.294 e. The molecule has 2 aromatic rings. The second kappa shape index (κ2) is 4.82. The van der Waals surface area contributed by atoms with Crippen LogP contribution in [0.25, 0.3) is 11.3 Å². The molecule has 1 aliphatic rings. The number of carbonyl (C=O) groups excluding carboxylic acids is 1. The summed E-state index contributed by atoms with van der Waals surface area (Å²) in [6.45, 7) is 0.475. The van der Waals surface area contributed by atoms with Gasteiger partial charge < -0.3 is 0 Å². The summed E-state index contributed by atoms with van der Waals surface area (Å²) < 4.78 is 13.2. The molecule has 100 valence electrons. The normalized spacial score (nSPS) is 18.3. The summed E-state index contributed by atoms with van der Waals surface area (Å²) in [5, 5.41) is 6.93. The van der Waals surface area contributed by atoms with Gasteiger partial charge >= 0.3 is 0 Å². The Hall–Kier alpha value is -2.61. The molecule has 1 unspecified atom stereocenters. The van der Waals surface area contributed by atoms with E-state index in [1.54, 1.807) is 23.1 Å². The van der Waals surface area contributed by atoms with Crippen molar-refractivity contribution in [1.82, 2.24) is 10.2 Å². The molecule has 20 heavy (non-hydrogen) atoms. The van der Waals surface area contributed by atoms with Gasteiger partial charge in [-0.25, -0.2) is 4.39 Å². The summed E-state index contributed by atoms with van der Waals surface area (Å²) in [4.78, 5) is 13.4. The number of aromatic amines is 1. The van der Waals surface area contributed by atoms with E-state index in [4.69, 9.17) is 6.42 Å². The quantitative estimate of drug-likeness (QED) is 0.850. The minimum absolute atomic E-state index is 0.0368. The number of halogens is 1. The lowest BCUT2D eigenvalue weighted by Gasteiger charge is -2.11. The molecular weight excluding hydrogens is 257 g/mol. The fourth-order valence-electron chi connectivity index (χ4n) is 2.29. The Labute approximate surface area is 115 Å². The molecule has 0 bridgehead atoms. The first-order valence-electron chi connectivity index (χ1n) is 6.25. The molecule has 1 amide bonds. The predicted octanol–water partition coefficient (Wildman–Crippen LogP) is 2.20. The molecule has 1 N–H and O–H groups in total. The average molecular weight is 269 g/mol. The van der Waals surface area contributed by atoms with Crippen molar-refractivity contribution in [3.8, 4) is 23.6 Å². The first kappa shape index (κ1) is 12.4. The summed E-state index contributed by atoms with van der Waals surface area (Å²) in [7, 11) is 0. The van der Waals surface area contributed by atoms with Gasteiger partial charge in [0.15, 0.2) is 5.82 Å². The zero-order chi connectivity index (χ0) is 14.1. The Morgan fingerprint density at radius 3 is 3.00 bits per heavy atom. The highest BCUT2D eigenvalue weighted by atomic mass is 19.1. The average Bonchev–Trinajstić information content (AvgIpc) is 3.05. The van der Waals surface area contributed by atoms with Gasteiger partial charge in [0.05, 0.1) is 5.69 Å². The molecule has 0 radical (unpaired) electrons. The number of anilines is 1. The fraction of sp³-hybridized carbons (Fsp3) is 0.200. The zero-order valence-corrected chi connectivity index (χ0v) is 10.6. The van der Waals surface area contributed by atoms with Crippen LogP contribution in [0.2, 0.25) is 0 Å². The summed E-state index contributed by atoms with van der Waals surface area (Å²) in [5.74, 6) is 2.68. The van der Waals surface area contributed by atoms with Crippen molar-refractivity contribution in [1.29, 1.82) is 0 Å². The molecule has 0 saturated carbocycles. The van der Waals surface area contributed by atoms with Crippen LogP contribution < -0.4 is 4.90 Å². The van der Waals surface area contributed by atoms with E-state index in [0.717, 1.165) is 0 Å². The SMILES string of the molecule is C#CC1CC(=O)N(c2cc(-c3cccc(F)c3)[nH]n2)C1. The Balaban J connectivity index is 1.88. The van der Waals surface area contributed by atoms with Gasteiger partial charge in [0.2, 0.25) is 5.91 Å². The van der Waals surface area contributed by atoms with Gasteiger partial charge in [-0.05, 0) is 12.1 Å². The summed E-state index contributed by atoms with van der Waals surface area (Å²) >= 11 is 0. The van der Waals surface area contributed by atoms with Crippen molar-refractivity contribution in [3.05, 3.63) is 36.1 Å². The molecule has 0 spiro atoms. The molecule has 1 atom stereocenters. The Morgan fingerprint density at radius 2 is 2.30 bits per heavy atom. The van der Waals surface area contributed by atoms with E-state index >= 15 is 0 Å². The third-order valence-electron chi connectivity index (χ3n) is 3.34. The number of aromatic nitrogens is 2. The van der Waals surface area contributed by atoms with Crippen LogP contribution >= 0.6 is 0 Å². The molecule has 5 heteroatoms. The van der Waals surface area contributed by atoms with E-state index in [9.17, 15) is 9.18 Å². The molecule has 1 aromatic heterocycles. The third kappa shape index (κ3) is 2.16. The third-order valence-corrected chi connectivity index (χ3v) is 3.34. The van der Waals surface area contributed by atoms with Crippen molar-refractivity contribution in [2.45, 2.75) is 6.42 Å². The van der Waals surface area contributed by atoms with E-state index in [1.807, 2.05) is 0 Å². The second-order valence-corrected chi connectivity index (χ2v) is 4.72. The number of hydrogen-bond acceptors (Lipinski definition) is 2. The number of H-pyrrole nitrogens is 1. The standard InChI is InChI=1S/C15H12FN3O/c1-2-10-6-15(20)19(9-10)14-8-13(17-18-14)11-4-3-5-12(16)7-11/h1,3-5,7-8,10H,6,9H2,(H,17,18). The molecule has 2 heterocycles. The lowest BCUT2D eigenvalue weighted by Crippen LogP contribution is -2.24. The Bertz CT molecular complexity index is 701. The maximum absolute atomic E-state index is 13.2. The number of carbonyl (C=O) groups is 1. The number of nitrogens with one attached hydrogen (secondary N) is 1. The van der Waals surface area contributed by atoms with Crippen molar-refractivity contribution in [2.75, 3.05) is 11.4 Å². The Morgan fingerprint density at radius 1 is 1.45 bits per heavy atom. The maximum atomic E-state index is 13.2. The van der Waals surface area contributed by atoms with Crippen LogP contribution in [0.5, 0.6) is 0 Å². The van der Waals surface area contributed by atoms with Crippen LogP contribution in [0.1, 0.15) is 6.42 Å². The summed E-state index contributed by atoms with van der Waals surface area (Å²) in [6.07, 6.45) is 5.70. The van der Waals surface area contributed by atoms with Crippen molar-refractivity contribution in [2.24, 2.45) is 5.92 Å². The number of hydrogen-bond donors (Lipinski definition) is 1. The van der Waals surface area contributed by atoms with Crippen molar-refractivity contribution >= 4 is 11.7 Å². The van der Waals surface area contributed by atoms with Crippen LogP contribution in [0, 0.1) is 24.1 Å². The lowest BCUT2D eigenvalue weighted by molar-refractivity contribution is -0.117. The molecule has 1 aromatic carbocycles. The van der Waals surface area contributed by atoms with Gasteiger partial charge in [-0.1, -0.05) is 12.1 Å². The monoisotopic (exact) mass is 269 g/mol. The maximum Gasteiger partial charge on any atom is 0.229 e. The molecule has 3 rings (SSSR count). The van der Waals surface area contributed by atoms with Crippen LogP contribution in [-0.2, 0) is 4.79 Å². The number of rotatable bonds is 2. The highest BCUT2D eigenvalue weighted by Crippen LogP contribution is 2.27. The van der Waals surface area contributed by atoms with Gasteiger partial charge in [-0.15, -0.1) is 12.3 Å². The smallest absolute Gasteiger partial charge is 0.229 e. The molecule has 1 aliphatic heterocycles. The van der Waals surface area contributed by atoms with Gasteiger partial charge in [-0.3, -0.25) is 14.8 Å². The van der Waals surface area contributed by atoms with Crippen molar-refractivity contribution < 1.29 is 9.18 Å². The van der Waals surface area contributed by atoms with Gasteiger partial charge in [0.25, 0.3) is 0 Å². The van der Waals surface area contributed by atoms with Crippen LogP contribution in [0.4, 0.5) is 10.2 Å². The largest absolute Gasteiger partial charge is 0.294 e. The minimum atomic E-state index is -0.316. The van der Waals surface area contributed by atoms with E-state index in [0.29, 0.717) is 30.0 Å². The Kier molecular flexibility index (Phi) is 2.99. The van der Waals surface area contributed by atoms with Gasteiger partial charge in [-0.2, -0.15) is 5.10 Å². The van der Waals surface area contributed by atoms with E-state index < -0.39 is 0 Å².